The topological polar surface area (TPSA) is 91.1 Å². The second kappa shape index (κ2) is 9.75. The van der Waals surface area contributed by atoms with Gasteiger partial charge in [-0.2, -0.15) is 5.26 Å². The Hall–Kier alpha value is -3.50. The Labute approximate surface area is 188 Å². The highest BCUT2D eigenvalue weighted by Gasteiger charge is 2.31. The van der Waals surface area contributed by atoms with Gasteiger partial charge in [0.2, 0.25) is 5.91 Å². The van der Waals surface area contributed by atoms with E-state index in [0.717, 1.165) is 11.1 Å². The molecule has 0 bridgehead atoms. The smallest absolute Gasteiger partial charge is 0.243 e. The summed E-state index contributed by atoms with van der Waals surface area (Å²) in [5.41, 5.74) is 2.92. The molecule has 2 heterocycles. The summed E-state index contributed by atoms with van der Waals surface area (Å²) in [5, 5.41) is 12.8. The molecule has 0 aliphatic carbocycles. The highest BCUT2D eigenvalue weighted by atomic mass is 16.5. The number of nitrogens with zero attached hydrogens (tertiary/aromatic N) is 4. The Morgan fingerprint density at radius 2 is 1.72 bits per heavy atom. The van der Waals surface area contributed by atoms with Crippen molar-refractivity contribution in [3.63, 3.8) is 0 Å². The Morgan fingerprint density at radius 3 is 2.38 bits per heavy atom. The second-order valence-electron chi connectivity index (χ2n) is 8.17. The number of hydrogen-bond donors (Lipinski definition) is 1. The number of carbonyl (C=O) groups is 1. The van der Waals surface area contributed by atoms with Crippen LogP contribution in [0.5, 0.6) is 0 Å². The predicted octanol–water partition coefficient (Wildman–Crippen LogP) is 3.21. The van der Waals surface area contributed by atoms with Crippen molar-refractivity contribution in [1.29, 1.82) is 5.26 Å². The fraction of sp³-hybridized carbons (Fsp3) is 0.360. The molecule has 7 heteroatoms. The van der Waals surface area contributed by atoms with Gasteiger partial charge in [-0.25, -0.2) is 9.97 Å². The van der Waals surface area contributed by atoms with E-state index in [1.165, 1.54) is 0 Å². The maximum atomic E-state index is 13.0. The van der Waals surface area contributed by atoms with E-state index in [4.69, 9.17) is 14.7 Å². The number of para-hydroxylation sites is 2. The molecule has 1 fully saturated rings. The summed E-state index contributed by atoms with van der Waals surface area (Å²) in [6, 6.07) is 19.6. The summed E-state index contributed by atoms with van der Waals surface area (Å²) < 4.78 is 5.86. The van der Waals surface area contributed by atoms with Crippen LogP contribution in [0.3, 0.4) is 0 Å². The quantitative estimate of drug-likeness (QED) is 0.647. The average Bonchev–Trinajstić information content (AvgIpc) is 2.79. The monoisotopic (exact) mass is 429 g/mol. The number of benzene rings is 2. The zero-order valence-corrected chi connectivity index (χ0v) is 18.4. The third-order valence-corrected chi connectivity index (χ3v) is 5.52. The minimum absolute atomic E-state index is 0.0140. The molecule has 3 aromatic rings. The maximum absolute atomic E-state index is 13.0. The van der Waals surface area contributed by atoms with Crippen molar-refractivity contribution in [3.8, 4) is 6.07 Å². The number of carbonyl (C=O) groups excluding carboxylic acids is 1. The maximum Gasteiger partial charge on any atom is 0.243 e. The first kappa shape index (κ1) is 21.7. The average molecular weight is 430 g/mol. The third kappa shape index (κ3) is 4.87. The molecular weight excluding hydrogens is 402 g/mol. The minimum Gasteiger partial charge on any atom is -0.372 e. The van der Waals surface area contributed by atoms with Crippen LogP contribution in [0.4, 0.5) is 5.82 Å². The van der Waals surface area contributed by atoms with Crippen molar-refractivity contribution in [2.75, 3.05) is 24.5 Å². The van der Waals surface area contributed by atoms with Crippen LogP contribution in [0.15, 0.2) is 54.6 Å². The lowest BCUT2D eigenvalue weighted by molar-refractivity contribution is -0.121. The van der Waals surface area contributed by atoms with E-state index in [9.17, 15) is 10.1 Å². The van der Waals surface area contributed by atoms with Crippen LogP contribution in [0.2, 0.25) is 0 Å². The van der Waals surface area contributed by atoms with Gasteiger partial charge in [0.05, 0.1) is 29.3 Å². The molecule has 0 radical (unpaired) electrons. The summed E-state index contributed by atoms with van der Waals surface area (Å²) in [6.07, 6.45) is 0.722. The number of nitriles is 1. The predicted molar refractivity (Wildman–Crippen MR) is 123 cm³/mol. The first-order chi connectivity index (χ1) is 15.5. The number of aromatic nitrogens is 2. The van der Waals surface area contributed by atoms with Gasteiger partial charge < -0.3 is 15.0 Å². The summed E-state index contributed by atoms with van der Waals surface area (Å²) >= 11 is 0. The molecule has 1 aliphatic rings. The van der Waals surface area contributed by atoms with Crippen LogP contribution < -0.4 is 10.2 Å². The normalized spacial score (nSPS) is 19.3. The lowest BCUT2D eigenvalue weighted by atomic mass is 10.0. The van der Waals surface area contributed by atoms with Crippen molar-refractivity contribution in [2.45, 2.75) is 38.4 Å². The van der Waals surface area contributed by atoms with Crippen molar-refractivity contribution in [3.05, 3.63) is 65.9 Å². The fourth-order valence-corrected chi connectivity index (χ4v) is 4.10. The third-order valence-electron chi connectivity index (χ3n) is 5.52. The van der Waals surface area contributed by atoms with Gasteiger partial charge in [0, 0.05) is 19.6 Å². The molecule has 1 saturated heterocycles. The van der Waals surface area contributed by atoms with Crippen LogP contribution in [0, 0.1) is 11.3 Å². The summed E-state index contributed by atoms with van der Waals surface area (Å²) in [6.45, 7) is 5.71. The summed E-state index contributed by atoms with van der Waals surface area (Å²) in [5.74, 6) is -0.828. The van der Waals surface area contributed by atoms with E-state index in [-0.39, 0.29) is 18.1 Å². The fourth-order valence-electron chi connectivity index (χ4n) is 4.10. The Balaban J connectivity index is 1.62. The molecular formula is C25H27N5O2. The molecule has 1 aromatic heterocycles. The molecule has 0 saturated carbocycles. The second-order valence-corrected chi connectivity index (χ2v) is 8.17. The highest BCUT2D eigenvalue weighted by Crippen LogP contribution is 2.29. The van der Waals surface area contributed by atoms with E-state index in [0.29, 0.717) is 43.1 Å². The van der Waals surface area contributed by atoms with Crippen molar-refractivity contribution >= 4 is 22.8 Å². The number of nitrogens with one attached hydrogen (secondary N) is 1. The lowest BCUT2D eigenvalue weighted by Crippen LogP contribution is -2.46. The molecule has 1 aliphatic heterocycles. The zero-order valence-electron chi connectivity index (χ0n) is 18.4. The SMILES string of the molecule is C[C@@H]1CN(c2nc3ccccc3nc2[C@H](C#N)C(=O)NCCc2ccccc2)C[C@H](C)O1. The van der Waals surface area contributed by atoms with E-state index in [1.807, 2.05) is 68.4 Å². The molecule has 0 unspecified atom stereocenters. The Kier molecular flexibility index (Phi) is 6.62. The molecule has 2 aromatic carbocycles. The first-order valence-electron chi connectivity index (χ1n) is 10.9. The van der Waals surface area contributed by atoms with Crippen molar-refractivity contribution in [2.24, 2.45) is 0 Å². The Morgan fingerprint density at radius 1 is 1.09 bits per heavy atom. The van der Waals surface area contributed by atoms with Crippen molar-refractivity contribution < 1.29 is 9.53 Å². The molecule has 1 amide bonds. The summed E-state index contributed by atoms with van der Waals surface area (Å²) in [7, 11) is 0. The van der Waals surface area contributed by atoms with E-state index >= 15 is 0 Å². The highest BCUT2D eigenvalue weighted by molar-refractivity contribution is 5.88. The van der Waals surface area contributed by atoms with Gasteiger partial charge in [-0.1, -0.05) is 42.5 Å². The lowest BCUT2D eigenvalue weighted by Gasteiger charge is -2.37. The van der Waals surface area contributed by atoms with Gasteiger partial charge in [0.15, 0.2) is 11.7 Å². The molecule has 164 valence electrons. The van der Waals surface area contributed by atoms with Gasteiger partial charge in [-0.15, -0.1) is 0 Å². The van der Waals surface area contributed by atoms with Crippen LogP contribution in [-0.4, -0.2) is 47.7 Å². The molecule has 32 heavy (non-hydrogen) atoms. The van der Waals surface area contributed by atoms with Gasteiger partial charge >= 0.3 is 0 Å². The van der Waals surface area contributed by atoms with Crippen LogP contribution in [0.25, 0.3) is 11.0 Å². The Bertz CT molecular complexity index is 1120. The number of rotatable bonds is 6. The number of ether oxygens (including phenoxy) is 1. The van der Waals surface area contributed by atoms with Gasteiger partial charge in [0.1, 0.15) is 5.69 Å². The number of fused-ring (bicyclic) bond motifs is 1. The van der Waals surface area contributed by atoms with Gasteiger partial charge in [-0.3, -0.25) is 4.79 Å². The number of hydrogen-bond acceptors (Lipinski definition) is 6. The molecule has 0 spiro atoms. The van der Waals surface area contributed by atoms with E-state index < -0.39 is 5.92 Å². The van der Waals surface area contributed by atoms with E-state index in [2.05, 4.69) is 16.3 Å². The molecule has 4 rings (SSSR count). The molecule has 3 atom stereocenters. The first-order valence-corrected chi connectivity index (χ1v) is 10.9. The minimum atomic E-state index is -1.05. The van der Waals surface area contributed by atoms with E-state index in [1.54, 1.807) is 0 Å². The number of amides is 1. The van der Waals surface area contributed by atoms with Crippen LogP contribution in [-0.2, 0) is 16.0 Å². The van der Waals surface area contributed by atoms with Crippen LogP contribution >= 0.6 is 0 Å². The number of morpholine rings is 1. The molecule has 7 nitrogen and oxygen atoms in total. The standard InChI is InChI=1S/C25H27N5O2/c1-17-15-30(16-18(2)32-17)24-23(28-21-10-6-7-11-22(21)29-24)20(14-26)25(31)27-13-12-19-8-4-3-5-9-19/h3-11,17-18,20H,12-13,15-16H2,1-2H3,(H,27,31)/t17-,18+,20-/m0/s1. The van der Waals surface area contributed by atoms with Gasteiger partial charge in [-0.05, 0) is 38.0 Å². The van der Waals surface area contributed by atoms with Gasteiger partial charge in [0.25, 0.3) is 0 Å². The molecule has 1 N–H and O–H groups in total. The summed E-state index contributed by atoms with van der Waals surface area (Å²) in [4.78, 5) is 24.7. The zero-order chi connectivity index (χ0) is 22.5. The van der Waals surface area contributed by atoms with Crippen molar-refractivity contribution in [1.82, 2.24) is 15.3 Å². The largest absolute Gasteiger partial charge is 0.372 e. The number of anilines is 1. The van der Waals surface area contributed by atoms with Crippen LogP contribution in [0.1, 0.15) is 31.0 Å².